The SMILES string of the molecule is CCC(CC)(CN)C(=O)N1CCN(S(=O)(=O)c2ccc(C(N)=O)o2)CC1.Cl. The van der Waals surface area contributed by atoms with Crippen LogP contribution in [0.4, 0.5) is 0 Å². The summed E-state index contributed by atoms with van der Waals surface area (Å²) < 4.78 is 31.5. The fraction of sp³-hybridized carbons (Fsp3) is 0.625. The second-order valence-corrected chi connectivity index (χ2v) is 8.24. The monoisotopic (exact) mass is 422 g/mol. The van der Waals surface area contributed by atoms with Crippen LogP contribution in [-0.2, 0) is 14.8 Å². The summed E-state index contributed by atoms with van der Waals surface area (Å²) in [5.74, 6) is -1.08. The number of sulfonamides is 1. The molecule has 1 fully saturated rings. The molecule has 2 amide bonds. The largest absolute Gasteiger partial charge is 0.438 e. The predicted octanol–water partition coefficient (Wildman–Crippen LogP) is 0.398. The van der Waals surface area contributed by atoms with Crippen molar-refractivity contribution in [2.24, 2.45) is 16.9 Å². The van der Waals surface area contributed by atoms with E-state index in [1.165, 1.54) is 16.4 Å². The molecule has 9 nitrogen and oxygen atoms in total. The number of nitrogens with two attached hydrogens (primary N) is 2. The lowest BCUT2D eigenvalue weighted by Gasteiger charge is -2.39. The van der Waals surface area contributed by atoms with E-state index >= 15 is 0 Å². The first-order valence-electron chi connectivity index (χ1n) is 8.61. The maximum atomic E-state index is 12.8. The van der Waals surface area contributed by atoms with Crippen molar-refractivity contribution in [2.45, 2.75) is 31.8 Å². The second-order valence-electron chi connectivity index (χ2n) is 6.37. The minimum Gasteiger partial charge on any atom is -0.438 e. The average Bonchev–Trinajstić information content (AvgIpc) is 3.15. The lowest BCUT2D eigenvalue weighted by molar-refractivity contribution is -0.143. The molecule has 2 rings (SSSR count). The number of amides is 2. The Morgan fingerprint density at radius 2 is 1.70 bits per heavy atom. The number of carbonyl (C=O) groups is 2. The van der Waals surface area contributed by atoms with E-state index < -0.39 is 21.3 Å². The van der Waals surface area contributed by atoms with Gasteiger partial charge in [0.25, 0.3) is 15.9 Å². The van der Waals surface area contributed by atoms with Gasteiger partial charge in [-0.25, -0.2) is 8.42 Å². The van der Waals surface area contributed by atoms with E-state index in [9.17, 15) is 18.0 Å². The molecule has 0 radical (unpaired) electrons. The zero-order chi connectivity index (χ0) is 19.5. The molecule has 0 aromatic carbocycles. The third kappa shape index (κ3) is 4.45. The molecule has 1 aromatic rings. The minimum absolute atomic E-state index is 0. The van der Waals surface area contributed by atoms with Crippen LogP contribution in [0.2, 0.25) is 0 Å². The van der Waals surface area contributed by atoms with Gasteiger partial charge in [0.15, 0.2) is 5.76 Å². The van der Waals surface area contributed by atoms with Crippen molar-refractivity contribution in [3.63, 3.8) is 0 Å². The van der Waals surface area contributed by atoms with Crippen LogP contribution in [0.25, 0.3) is 0 Å². The lowest BCUT2D eigenvalue weighted by atomic mass is 9.81. The molecule has 1 aromatic heterocycles. The van der Waals surface area contributed by atoms with E-state index in [-0.39, 0.29) is 61.9 Å². The van der Waals surface area contributed by atoms with E-state index in [1.807, 2.05) is 13.8 Å². The third-order valence-corrected chi connectivity index (χ3v) is 6.92. The summed E-state index contributed by atoms with van der Waals surface area (Å²) in [4.78, 5) is 25.6. The number of furan rings is 1. The standard InChI is InChI=1S/C16H26N4O5S.ClH/c1-3-16(4-2,11-17)15(22)19-7-9-20(10-8-19)26(23,24)13-6-5-12(25-13)14(18)21;/h5-6H,3-4,7-11,17H2,1-2H3,(H2,18,21);1H. The molecule has 4 N–H and O–H groups in total. The molecule has 0 bridgehead atoms. The van der Waals surface area contributed by atoms with Gasteiger partial charge in [0, 0.05) is 32.7 Å². The maximum Gasteiger partial charge on any atom is 0.284 e. The van der Waals surface area contributed by atoms with Gasteiger partial charge in [0.2, 0.25) is 11.0 Å². The zero-order valence-electron chi connectivity index (χ0n) is 15.5. The Balaban J connectivity index is 0.00000364. The minimum atomic E-state index is -3.88. The van der Waals surface area contributed by atoms with Crippen molar-refractivity contribution in [2.75, 3.05) is 32.7 Å². The van der Waals surface area contributed by atoms with Crippen LogP contribution >= 0.6 is 12.4 Å². The van der Waals surface area contributed by atoms with Gasteiger partial charge in [-0.15, -0.1) is 12.4 Å². The van der Waals surface area contributed by atoms with Gasteiger partial charge in [0.05, 0.1) is 5.41 Å². The average molecular weight is 423 g/mol. The van der Waals surface area contributed by atoms with Crippen molar-refractivity contribution in [3.8, 4) is 0 Å². The first-order valence-corrected chi connectivity index (χ1v) is 10.0. The molecule has 0 aliphatic carbocycles. The van der Waals surface area contributed by atoms with Gasteiger partial charge >= 0.3 is 0 Å². The number of primary amides is 1. The van der Waals surface area contributed by atoms with Crippen LogP contribution in [0, 0.1) is 5.41 Å². The Labute approximate surface area is 165 Å². The Bertz CT molecular complexity index is 759. The Hall–Kier alpha value is -1.62. The second kappa shape index (κ2) is 9.05. The van der Waals surface area contributed by atoms with E-state index in [4.69, 9.17) is 15.9 Å². The van der Waals surface area contributed by atoms with E-state index in [2.05, 4.69) is 0 Å². The molecular weight excluding hydrogens is 396 g/mol. The first kappa shape index (κ1) is 23.4. The van der Waals surface area contributed by atoms with Crippen molar-refractivity contribution in [1.82, 2.24) is 9.21 Å². The molecule has 0 unspecified atom stereocenters. The molecule has 1 saturated heterocycles. The van der Waals surface area contributed by atoms with Crippen LogP contribution in [0.5, 0.6) is 0 Å². The number of carbonyl (C=O) groups excluding carboxylic acids is 2. The van der Waals surface area contributed by atoms with Gasteiger partial charge in [-0.2, -0.15) is 4.31 Å². The highest BCUT2D eigenvalue weighted by Gasteiger charge is 2.39. The number of hydrogen-bond donors (Lipinski definition) is 2. The summed E-state index contributed by atoms with van der Waals surface area (Å²) in [6.45, 7) is 4.99. The summed E-state index contributed by atoms with van der Waals surface area (Å²) >= 11 is 0. The van der Waals surface area contributed by atoms with E-state index in [0.717, 1.165) is 0 Å². The van der Waals surface area contributed by atoms with Gasteiger partial charge in [0.1, 0.15) is 0 Å². The van der Waals surface area contributed by atoms with Crippen LogP contribution in [0.15, 0.2) is 21.6 Å². The fourth-order valence-corrected chi connectivity index (χ4v) is 4.45. The Morgan fingerprint density at radius 1 is 1.15 bits per heavy atom. The normalized spacial score (nSPS) is 16.0. The first-order chi connectivity index (χ1) is 12.2. The highest BCUT2D eigenvalue weighted by Crippen LogP contribution is 2.29. The zero-order valence-corrected chi connectivity index (χ0v) is 17.1. The van der Waals surface area contributed by atoms with Gasteiger partial charge in [-0.3, -0.25) is 9.59 Å². The van der Waals surface area contributed by atoms with Gasteiger partial charge < -0.3 is 20.8 Å². The summed E-state index contributed by atoms with van der Waals surface area (Å²) in [5, 5.41) is -0.329. The quantitative estimate of drug-likeness (QED) is 0.651. The number of hydrogen-bond acceptors (Lipinski definition) is 6. The van der Waals surface area contributed by atoms with E-state index in [0.29, 0.717) is 12.8 Å². The van der Waals surface area contributed by atoms with Crippen LogP contribution in [-0.4, -0.2) is 62.2 Å². The number of nitrogens with zero attached hydrogens (tertiary/aromatic N) is 2. The fourth-order valence-electron chi connectivity index (χ4n) is 3.11. The molecular formula is C16H27ClN4O5S. The van der Waals surface area contributed by atoms with Crippen LogP contribution in [0.3, 0.4) is 0 Å². The van der Waals surface area contributed by atoms with Crippen molar-refractivity contribution < 1.29 is 22.4 Å². The molecule has 0 saturated carbocycles. The van der Waals surface area contributed by atoms with Crippen molar-refractivity contribution in [3.05, 3.63) is 17.9 Å². The van der Waals surface area contributed by atoms with Crippen molar-refractivity contribution >= 4 is 34.2 Å². The van der Waals surface area contributed by atoms with E-state index in [1.54, 1.807) is 4.90 Å². The molecule has 154 valence electrons. The summed E-state index contributed by atoms with van der Waals surface area (Å²) in [5.41, 5.74) is 10.3. The van der Waals surface area contributed by atoms with Crippen LogP contribution in [0.1, 0.15) is 37.2 Å². The topological polar surface area (TPSA) is 140 Å². The summed E-state index contributed by atoms with van der Waals surface area (Å²) in [6.07, 6.45) is 1.28. The molecule has 1 aliphatic rings. The maximum absolute atomic E-state index is 12.8. The molecule has 2 heterocycles. The smallest absolute Gasteiger partial charge is 0.284 e. The Morgan fingerprint density at radius 3 is 2.11 bits per heavy atom. The molecule has 11 heteroatoms. The number of halogens is 1. The molecule has 1 aliphatic heterocycles. The number of rotatable bonds is 7. The number of piperazine rings is 1. The third-order valence-electron chi connectivity index (χ3n) is 5.14. The summed E-state index contributed by atoms with van der Waals surface area (Å²) in [7, 11) is -3.88. The lowest BCUT2D eigenvalue weighted by Crippen LogP contribution is -2.55. The molecule has 27 heavy (non-hydrogen) atoms. The predicted molar refractivity (Wildman–Crippen MR) is 102 cm³/mol. The highest BCUT2D eigenvalue weighted by atomic mass is 35.5. The molecule has 0 atom stereocenters. The van der Waals surface area contributed by atoms with Crippen molar-refractivity contribution in [1.29, 1.82) is 0 Å². The van der Waals surface area contributed by atoms with Gasteiger partial charge in [-0.05, 0) is 25.0 Å². The Kier molecular flexibility index (Phi) is 7.85. The highest BCUT2D eigenvalue weighted by molar-refractivity contribution is 7.89. The summed E-state index contributed by atoms with van der Waals surface area (Å²) in [6, 6.07) is 2.44. The molecule has 0 spiro atoms. The van der Waals surface area contributed by atoms with Gasteiger partial charge in [-0.1, -0.05) is 13.8 Å². The van der Waals surface area contributed by atoms with Crippen LogP contribution < -0.4 is 11.5 Å².